The topological polar surface area (TPSA) is 75.3 Å². The highest BCUT2D eigenvalue weighted by Gasteiger charge is 2.29. The molecule has 2 amide bonds. The Morgan fingerprint density at radius 3 is 2.19 bits per heavy atom. The molecule has 1 atom stereocenters. The van der Waals surface area contributed by atoms with Crippen molar-refractivity contribution in [3.05, 3.63) is 71.3 Å². The number of amides is 2. The molecule has 5 heteroatoms. The molecule has 0 radical (unpaired) electrons. The van der Waals surface area contributed by atoms with Crippen LogP contribution in [0.3, 0.4) is 0 Å². The van der Waals surface area contributed by atoms with Gasteiger partial charge in [0.05, 0.1) is 0 Å². The molecule has 0 aliphatic heterocycles. The van der Waals surface area contributed by atoms with Crippen LogP contribution in [0.15, 0.2) is 54.6 Å². The van der Waals surface area contributed by atoms with E-state index >= 15 is 0 Å². The van der Waals surface area contributed by atoms with Gasteiger partial charge in [-0.1, -0.05) is 61.4 Å². The summed E-state index contributed by atoms with van der Waals surface area (Å²) in [5, 5.41) is 5.30. The highest BCUT2D eigenvalue weighted by atomic mass is 16.2. The third-order valence-electron chi connectivity index (χ3n) is 4.00. The van der Waals surface area contributed by atoms with Gasteiger partial charge >= 0.3 is 0 Å². The van der Waals surface area contributed by atoms with Gasteiger partial charge < -0.3 is 10.6 Å². The van der Waals surface area contributed by atoms with E-state index in [1.54, 1.807) is 42.5 Å². The summed E-state index contributed by atoms with van der Waals surface area (Å²) in [4.78, 5) is 37.8. The Hall–Kier alpha value is -2.95. The zero-order valence-electron chi connectivity index (χ0n) is 15.1. The molecule has 0 fully saturated rings. The fourth-order valence-corrected chi connectivity index (χ4v) is 2.43. The van der Waals surface area contributed by atoms with E-state index in [4.69, 9.17) is 0 Å². The van der Waals surface area contributed by atoms with Crippen molar-refractivity contribution in [1.82, 2.24) is 10.6 Å². The largest absolute Gasteiger partial charge is 0.354 e. The predicted molar refractivity (Wildman–Crippen MR) is 101 cm³/mol. The van der Waals surface area contributed by atoms with E-state index in [1.807, 2.05) is 26.0 Å². The van der Waals surface area contributed by atoms with Crippen molar-refractivity contribution in [2.45, 2.75) is 32.7 Å². The van der Waals surface area contributed by atoms with Crippen LogP contribution in [0, 0.1) is 6.92 Å². The van der Waals surface area contributed by atoms with E-state index in [2.05, 4.69) is 10.6 Å². The number of rotatable bonds is 8. The van der Waals surface area contributed by atoms with E-state index < -0.39 is 23.6 Å². The average Bonchev–Trinajstić information content (AvgIpc) is 2.66. The molecule has 0 aromatic heterocycles. The Morgan fingerprint density at radius 1 is 0.923 bits per heavy atom. The monoisotopic (exact) mass is 352 g/mol. The highest BCUT2D eigenvalue weighted by Crippen LogP contribution is 2.07. The van der Waals surface area contributed by atoms with Crippen LogP contribution in [0.2, 0.25) is 0 Å². The standard InChI is InChI=1S/C21H24N2O3/c1-3-4-14-22-21(26)18(19(24)16-8-6-5-7-9-16)23-20(25)17-12-10-15(2)11-13-17/h5-13,18H,3-4,14H2,1-2H3,(H,22,26)(H,23,25). The quantitative estimate of drug-likeness (QED) is 0.436. The molecule has 0 aliphatic carbocycles. The maximum atomic E-state index is 12.8. The second kappa shape index (κ2) is 9.51. The summed E-state index contributed by atoms with van der Waals surface area (Å²) in [7, 11) is 0. The second-order valence-corrected chi connectivity index (χ2v) is 6.15. The van der Waals surface area contributed by atoms with Gasteiger partial charge in [-0.05, 0) is 25.5 Å². The maximum absolute atomic E-state index is 12.8. The number of ketones is 1. The molecule has 1 unspecified atom stereocenters. The molecule has 0 spiro atoms. The predicted octanol–water partition coefficient (Wildman–Crippen LogP) is 2.89. The molecule has 0 aliphatic rings. The van der Waals surface area contributed by atoms with Crippen molar-refractivity contribution in [2.75, 3.05) is 6.54 Å². The molecule has 2 N–H and O–H groups in total. The maximum Gasteiger partial charge on any atom is 0.252 e. The van der Waals surface area contributed by atoms with Crippen LogP contribution >= 0.6 is 0 Å². The lowest BCUT2D eigenvalue weighted by molar-refractivity contribution is -0.121. The lowest BCUT2D eigenvalue weighted by Gasteiger charge is -2.18. The third kappa shape index (κ3) is 5.28. The molecule has 0 bridgehead atoms. The number of benzene rings is 2. The SMILES string of the molecule is CCCCNC(=O)C(NC(=O)c1ccc(C)cc1)C(=O)c1ccccc1. The van der Waals surface area contributed by atoms with Crippen molar-refractivity contribution < 1.29 is 14.4 Å². The molecular weight excluding hydrogens is 328 g/mol. The number of hydrogen-bond acceptors (Lipinski definition) is 3. The first-order valence-electron chi connectivity index (χ1n) is 8.77. The van der Waals surface area contributed by atoms with Crippen LogP contribution in [0.5, 0.6) is 0 Å². The van der Waals surface area contributed by atoms with Gasteiger partial charge in [0.25, 0.3) is 11.8 Å². The summed E-state index contributed by atoms with van der Waals surface area (Å²) < 4.78 is 0. The normalized spacial score (nSPS) is 11.5. The third-order valence-corrected chi connectivity index (χ3v) is 4.00. The lowest BCUT2D eigenvalue weighted by atomic mass is 10.0. The Kier molecular flexibility index (Phi) is 7.09. The van der Waals surface area contributed by atoms with Crippen molar-refractivity contribution in [3.63, 3.8) is 0 Å². The molecule has 0 saturated heterocycles. The summed E-state index contributed by atoms with van der Waals surface area (Å²) in [5.41, 5.74) is 1.81. The lowest BCUT2D eigenvalue weighted by Crippen LogP contribution is -2.51. The summed E-state index contributed by atoms with van der Waals surface area (Å²) in [6.45, 7) is 4.40. The van der Waals surface area contributed by atoms with Gasteiger partial charge in [0.1, 0.15) is 0 Å². The Morgan fingerprint density at radius 2 is 1.58 bits per heavy atom. The number of hydrogen-bond donors (Lipinski definition) is 2. The van der Waals surface area contributed by atoms with E-state index in [9.17, 15) is 14.4 Å². The molecule has 136 valence electrons. The second-order valence-electron chi connectivity index (χ2n) is 6.15. The van der Waals surface area contributed by atoms with Gasteiger partial charge in [0, 0.05) is 17.7 Å². The van der Waals surface area contributed by atoms with Crippen molar-refractivity contribution >= 4 is 17.6 Å². The smallest absolute Gasteiger partial charge is 0.252 e. The number of unbranched alkanes of at least 4 members (excludes halogenated alkanes) is 1. The van der Waals surface area contributed by atoms with Crippen LogP contribution in [0.25, 0.3) is 0 Å². The minimum absolute atomic E-state index is 0.382. The number of nitrogens with one attached hydrogen (secondary N) is 2. The fourth-order valence-electron chi connectivity index (χ4n) is 2.43. The van der Waals surface area contributed by atoms with Gasteiger partial charge in [0.2, 0.25) is 0 Å². The summed E-state index contributed by atoms with van der Waals surface area (Å²) in [5.74, 6) is -1.38. The minimum Gasteiger partial charge on any atom is -0.354 e. The summed E-state index contributed by atoms with van der Waals surface area (Å²) >= 11 is 0. The average molecular weight is 352 g/mol. The van der Waals surface area contributed by atoms with Crippen molar-refractivity contribution in [1.29, 1.82) is 0 Å². The Balaban J connectivity index is 2.19. The van der Waals surface area contributed by atoms with Gasteiger partial charge in [-0.2, -0.15) is 0 Å². The fraction of sp³-hybridized carbons (Fsp3) is 0.286. The van der Waals surface area contributed by atoms with E-state index in [0.717, 1.165) is 18.4 Å². The molecule has 2 aromatic carbocycles. The minimum atomic E-state index is -1.26. The zero-order valence-corrected chi connectivity index (χ0v) is 15.1. The van der Waals surface area contributed by atoms with Crippen LogP contribution in [-0.2, 0) is 4.79 Å². The summed E-state index contributed by atoms with van der Waals surface area (Å²) in [6, 6.07) is 14.2. The van der Waals surface area contributed by atoms with Gasteiger partial charge in [-0.3, -0.25) is 14.4 Å². The van der Waals surface area contributed by atoms with Gasteiger partial charge in [-0.25, -0.2) is 0 Å². The number of aryl methyl sites for hydroxylation is 1. The molecule has 2 rings (SSSR count). The zero-order chi connectivity index (χ0) is 18.9. The Labute approximate surface area is 153 Å². The van der Waals surface area contributed by atoms with E-state index in [0.29, 0.717) is 17.7 Å². The summed E-state index contributed by atoms with van der Waals surface area (Å²) in [6.07, 6.45) is 1.73. The van der Waals surface area contributed by atoms with Gasteiger partial charge in [-0.15, -0.1) is 0 Å². The van der Waals surface area contributed by atoms with Crippen LogP contribution < -0.4 is 10.6 Å². The van der Waals surface area contributed by atoms with Crippen molar-refractivity contribution in [2.24, 2.45) is 0 Å². The highest BCUT2D eigenvalue weighted by molar-refractivity contribution is 6.16. The number of carbonyl (C=O) groups is 3. The number of carbonyl (C=O) groups excluding carboxylic acids is 3. The first-order chi connectivity index (χ1) is 12.5. The molecule has 26 heavy (non-hydrogen) atoms. The van der Waals surface area contributed by atoms with Gasteiger partial charge in [0.15, 0.2) is 11.8 Å². The number of Topliss-reactive ketones (excluding diaryl/α,β-unsaturated/α-hetero) is 1. The van der Waals surface area contributed by atoms with E-state index in [-0.39, 0.29) is 0 Å². The molecule has 0 heterocycles. The molecule has 2 aromatic rings. The van der Waals surface area contributed by atoms with E-state index in [1.165, 1.54) is 0 Å². The Bertz CT molecular complexity index is 755. The molecule has 0 saturated carbocycles. The van der Waals surface area contributed by atoms with Crippen LogP contribution in [-0.4, -0.2) is 30.2 Å². The molecule has 5 nitrogen and oxygen atoms in total. The van der Waals surface area contributed by atoms with Crippen molar-refractivity contribution in [3.8, 4) is 0 Å². The van der Waals surface area contributed by atoms with Crippen LogP contribution in [0.1, 0.15) is 46.0 Å². The first kappa shape index (κ1) is 19.4. The molecular formula is C21H24N2O3. The van der Waals surface area contributed by atoms with Crippen LogP contribution in [0.4, 0.5) is 0 Å². The first-order valence-corrected chi connectivity index (χ1v) is 8.77.